The van der Waals surface area contributed by atoms with Crippen molar-refractivity contribution in [2.24, 2.45) is 0 Å². The molecule has 31 heavy (non-hydrogen) atoms. The number of fused-ring (bicyclic) bond motifs is 2. The molecule has 0 N–H and O–H groups in total. The van der Waals surface area contributed by atoms with E-state index in [9.17, 15) is 18.0 Å². The molecule has 0 bridgehead atoms. The molecule has 4 aromatic rings. The number of amides is 1. The van der Waals surface area contributed by atoms with E-state index < -0.39 is 11.9 Å². The second-order valence-electron chi connectivity index (χ2n) is 7.65. The smallest absolute Gasteiger partial charge is 0.339 e. The zero-order chi connectivity index (χ0) is 21.8. The van der Waals surface area contributed by atoms with Crippen LogP contribution in [0.2, 0.25) is 0 Å². The molecule has 11 heteroatoms. The molecule has 0 saturated carbocycles. The van der Waals surface area contributed by atoms with Crippen LogP contribution in [0.25, 0.3) is 16.7 Å². The summed E-state index contributed by atoms with van der Waals surface area (Å²) in [5.41, 5.74) is 2.18. The van der Waals surface area contributed by atoms with Crippen molar-refractivity contribution in [3.8, 4) is 0 Å². The quantitative estimate of drug-likeness (QED) is 0.464. The van der Waals surface area contributed by atoms with Crippen LogP contribution in [0.4, 0.5) is 13.2 Å². The molecule has 3 aromatic heterocycles. The molecule has 0 spiro atoms. The van der Waals surface area contributed by atoms with E-state index in [4.69, 9.17) is 0 Å². The number of piperidine rings is 1. The third-order valence-corrected chi connectivity index (χ3v) is 6.12. The summed E-state index contributed by atoms with van der Waals surface area (Å²) in [6.45, 7) is 2.53. The molecule has 160 valence electrons. The van der Waals surface area contributed by atoms with Crippen LogP contribution in [0.5, 0.6) is 0 Å². The lowest BCUT2D eigenvalue weighted by atomic mass is 9.92. The molecule has 1 aromatic carbocycles. The summed E-state index contributed by atoms with van der Waals surface area (Å²) in [5, 5.41) is 3.92. The number of benzene rings is 1. The zero-order valence-corrected chi connectivity index (χ0v) is 17.2. The Kier molecular flexibility index (Phi) is 4.65. The molecule has 4 heterocycles. The van der Waals surface area contributed by atoms with Gasteiger partial charge < -0.3 is 4.90 Å². The van der Waals surface area contributed by atoms with E-state index in [2.05, 4.69) is 18.8 Å². The third-order valence-electron chi connectivity index (χ3n) is 5.56. The highest BCUT2D eigenvalue weighted by atomic mass is 32.1. The van der Waals surface area contributed by atoms with Gasteiger partial charge in [0.05, 0.1) is 17.4 Å². The first-order valence-corrected chi connectivity index (χ1v) is 10.5. The Morgan fingerprint density at radius 2 is 1.84 bits per heavy atom. The van der Waals surface area contributed by atoms with Crippen molar-refractivity contribution in [1.29, 1.82) is 0 Å². The van der Waals surface area contributed by atoms with Crippen LogP contribution >= 0.6 is 11.7 Å². The predicted molar refractivity (Wildman–Crippen MR) is 108 cm³/mol. The normalized spacial score (nSPS) is 15.8. The van der Waals surface area contributed by atoms with Crippen LogP contribution in [0.3, 0.4) is 0 Å². The largest absolute Gasteiger partial charge is 0.433 e. The Balaban J connectivity index is 1.36. The van der Waals surface area contributed by atoms with Crippen molar-refractivity contribution in [1.82, 2.24) is 28.2 Å². The van der Waals surface area contributed by atoms with Gasteiger partial charge >= 0.3 is 6.18 Å². The summed E-state index contributed by atoms with van der Waals surface area (Å²) < 4.78 is 49.9. The number of halogens is 3. The van der Waals surface area contributed by atoms with E-state index in [0.29, 0.717) is 48.4 Å². The summed E-state index contributed by atoms with van der Waals surface area (Å²) in [7, 11) is 0. The fourth-order valence-electron chi connectivity index (χ4n) is 4.00. The highest BCUT2D eigenvalue weighted by molar-refractivity contribution is 7.00. The van der Waals surface area contributed by atoms with Crippen LogP contribution in [0.15, 0.2) is 30.3 Å². The Morgan fingerprint density at radius 1 is 1.10 bits per heavy atom. The van der Waals surface area contributed by atoms with Crippen LogP contribution in [-0.4, -0.2) is 47.2 Å². The summed E-state index contributed by atoms with van der Waals surface area (Å²) >= 11 is 1.09. The standard InChI is InChI=1S/C20H17F3N6OS/c1-11-8-18-24-15(10-17(20(21,22)23)29(18)25-11)12-4-6-28(7-5-12)19(30)13-2-3-14-16(9-13)27-31-26-14/h2-3,8-10,12H,4-7H2,1H3. The first kappa shape index (κ1) is 19.9. The maximum absolute atomic E-state index is 13.6. The molecule has 0 radical (unpaired) electrons. The minimum atomic E-state index is -4.53. The number of nitrogens with zero attached hydrogens (tertiary/aromatic N) is 6. The fourth-order valence-corrected chi connectivity index (χ4v) is 4.51. The number of hydrogen-bond acceptors (Lipinski definition) is 6. The number of rotatable bonds is 2. The minimum Gasteiger partial charge on any atom is -0.339 e. The fraction of sp³-hybridized carbons (Fsp3) is 0.350. The van der Waals surface area contributed by atoms with Crippen LogP contribution in [-0.2, 0) is 6.18 Å². The number of carbonyl (C=O) groups excluding carboxylic acids is 1. The van der Waals surface area contributed by atoms with Gasteiger partial charge in [-0.05, 0) is 44.0 Å². The van der Waals surface area contributed by atoms with Crippen molar-refractivity contribution < 1.29 is 18.0 Å². The number of aromatic nitrogens is 5. The number of aryl methyl sites for hydroxylation is 1. The van der Waals surface area contributed by atoms with Crippen LogP contribution < -0.4 is 0 Å². The SMILES string of the molecule is Cc1cc2nc(C3CCN(C(=O)c4ccc5nsnc5c4)CC3)cc(C(F)(F)F)n2n1. The van der Waals surface area contributed by atoms with E-state index in [0.717, 1.165) is 27.8 Å². The Bertz CT molecular complexity index is 1290. The molecule has 0 atom stereocenters. The molecular weight excluding hydrogens is 429 g/mol. The van der Waals surface area contributed by atoms with E-state index in [1.165, 1.54) is 0 Å². The van der Waals surface area contributed by atoms with Gasteiger partial charge in [0, 0.05) is 36.3 Å². The van der Waals surface area contributed by atoms with Gasteiger partial charge in [-0.3, -0.25) is 4.79 Å². The molecule has 1 saturated heterocycles. The molecule has 0 unspecified atom stereocenters. The maximum atomic E-state index is 13.6. The van der Waals surface area contributed by atoms with E-state index >= 15 is 0 Å². The predicted octanol–water partition coefficient (Wildman–Crippen LogP) is 4.08. The Labute approximate surface area is 178 Å². The minimum absolute atomic E-state index is 0.112. The third kappa shape index (κ3) is 3.62. The first-order valence-electron chi connectivity index (χ1n) is 9.76. The van der Waals surface area contributed by atoms with Gasteiger partial charge in [0.2, 0.25) is 0 Å². The molecule has 7 nitrogen and oxygen atoms in total. The monoisotopic (exact) mass is 446 g/mol. The summed E-state index contributed by atoms with van der Waals surface area (Å²) in [6, 6.07) is 7.85. The molecule has 1 amide bonds. The summed E-state index contributed by atoms with van der Waals surface area (Å²) in [5.74, 6) is -0.269. The van der Waals surface area contributed by atoms with Crippen molar-refractivity contribution in [2.75, 3.05) is 13.1 Å². The van der Waals surface area contributed by atoms with Gasteiger partial charge in [0.15, 0.2) is 5.65 Å². The lowest BCUT2D eigenvalue weighted by molar-refractivity contribution is -0.142. The number of alkyl halides is 3. The van der Waals surface area contributed by atoms with Crippen molar-refractivity contribution in [2.45, 2.75) is 31.9 Å². The first-order chi connectivity index (χ1) is 14.8. The van der Waals surface area contributed by atoms with E-state index in [1.807, 2.05) is 0 Å². The molecule has 0 aliphatic carbocycles. The Hall–Kier alpha value is -3.08. The van der Waals surface area contributed by atoms with Gasteiger partial charge in [-0.15, -0.1) is 0 Å². The topological polar surface area (TPSA) is 76.3 Å². The van der Waals surface area contributed by atoms with Crippen molar-refractivity contribution in [3.05, 3.63) is 53.0 Å². The molecule has 5 rings (SSSR count). The second-order valence-corrected chi connectivity index (χ2v) is 8.18. The van der Waals surface area contributed by atoms with E-state index in [1.54, 1.807) is 36.1 Å². The number of carbonyl (C=O) groups is 1. The molecule has 1 aliphatic rings. The van der Waals surface area contributed by atoms with Gasteiger partial charge in [0.1, 0.15) is 16.7 Å². The average Bonchev–Trinajstić information content (AvgIpc) is 3.36. The van der Waals surface area contributed by atoms with E-state index in [-0.39, 0.29) is 17.5 Å². The van der Waals surface area contributed by atoms with Gasteiger partial charge in [-0.2, -0.15) is 27.0 Å². The van der Waals surface area contributed by atoms with Gasteiger partial charge in [-0.1, -0.05) is 0 Å². The number of hydrogen-bond donors (Lipinski definition) is 0. The maximum Gasteiger partial charge on any atom is 0.433 e. The second kappa shape index (κ2) is 7.26. The van der Waals surface area contributed by atoms with Gasteiger partial charge in [-0.25, -0.2) is 9.50 Å². The molecular formula is C20H17F3N6OS. The summed E-state index contributed by atoms with van der Waals surface area (Å²) in [6.07, 6.45) is -3.45. The summed E-state index contributed by atoms with van der Waals surface area (Å²) in [4.78, 5) is 19.0. The highest BCUT2D eigenvalue weighted by Gasteiger charge is 2.36. The van der Waals surface area contributed by atoms with Gasteiger partial charge in [0.25, 0.3) is 5.91 Å². The zero-order valence-electron chi connectivity index (χ0n) is 16.4. The lowest BCUT2D eigenvalue weighted by Crippen LogP contribution is -2.38. The van der Waals surface area contributed by atoms with Crippen molar-refractivity contribution >= 4 is 34.3 Å². The Morgan fingerprint density at radius 3 is 2.58 bits per heavy atom. The van der Waals surface area contributed by atoms with Crippen molar-refractivity contribution in [3.63, 3.8) is 0 Å². The number of likely N-dealkylation sites (tertiary alicyclic amines) is 1. The highest BCUT2D eigenvalue weighted by Crippen LogP contribution is 2.34. The average molecular weight is 446 g/mol. The lowest BCUT2D eigenvalue weighted by Gasteiger charge is -2.32. The van der Waals surface area contributed by atoms with Crippen LogP contribution in [0, 0.1) is 6.92 Å². The molecule has 1 fully saturated rings. The van der Waals surface area contributed by atoms with Crippen LogP contribution in [0.1, 0.15) is 46.2 Å². The molecule has 1 aliphatic heterocycles.